The molecule has 0 aliphatic heterocycles. The van der Waals surface area contributed by atoms with Gasteiger partial charge in [-0.05, 0) is 35.4 Å². The van der Waals surface area contributed by atoms with E-state index < -0.39 is 33.7 Å². The monoisotopic (exact) mass is 393 g/mol. The van der Waals surface area contributed by atoms with Gasteiger partial charge >= 0.3 is 0 Å². The van der Waals surface area contributed by atoms with Crippen LogP contribution in [-0.2, 0) is 26.0 Å². The Hall–Kier alpha value is -2.78. The number of benzene rings is 2. The van der Waals surface area contributed by atoms with Gasteiger partial charge in [-0.2, -0.15) is 0 Å². The zero-order valence-electron chi connectivity index (χ0n) is 14.6. The number of nitrogens with one attached hydrogen (secondary N) is 2. The molecule has 0 heterocycles. The summed E-state index contributed by atoms with van der Waals surface area (Å²) < 4.78 is 38.7. The number of carbonyl (C=O) groups excluding carboxylic acids is 2. The van der Waals surface area contributed by atoms with Gasteiger partial charge in [-0.3, -0.25) is 9.59 Å². The Morgan fingerprint density at radius 1 is 1.07 bits per heavy atom. The van der Waals surface area contributed by atoms with Gasteiger partial charge in [0.1, 0.15) is 5.82 Å². The van der Waals surface area contributed by atoms with Crippen LogP contribution in [0.2, 0.25) is 0 Å². The number of rotatable bonds is 8. The van der Waals surface area contributed by atoms with E-state index in [2.05, 4.69) is 10.0 Å². The first kappa shape index (κ1) is 20.5. The van der Waals surface area contributed by atoms with E-state index in [1.807, 2.05) is 0 Å². The highest BCUT2D eigenvalue weighted by atomic mass is 32.2. The van der Waals surface area contributed by atoms with Gasteiger partial charge in [0.2, 0.25) is 21.8 Å². The SMILES string of the molecule is CS(=O)(=O)NC(CC(=O)Nc1ccc(CC(N)=O)cc1)c1ccc(F)cc1. The molecule has 2 aromatic rings. The molecular formula is C18H20FN3O4S. The molecule has 7 nitrogen and oxygen atoms in total. The number of nitrogens with two attached hydrogens (primary N) is 1. The van der Waals surface area contributed by atoms with Crippen LogP contribution in [0.3, 0.4) is 0 Å². The lowest BCUT2D eigenvalue weighted by Gasteiger charge is -2.18. The third-order valence-corrected chi connectivity index (χ3v) is 4.35. The fraction of sp³-hybridized carbons (Fsp3) is 0.222. The summed E-state index contributed by atoms with van der Waals surface area (Å²) >= 11 is 0. The molecule has 27 heavy (non-hydrogen) atoms. The molecule has 0 fully saturated rings. The Balaban J connectivity index is 2.08. The average Bonchev–Trinajstić information content (AvgIpc) is 2.55. The van der Waals surface area contributed by atoms with Gasteiger partial charge < -0.3 is 11.1 Å². The first-order valence-corrected chi connectivity index (χ1v) is 9.91. The summed E-state index contributed by atoms with van der Waals surface area (Å²) in [5, 5.41) is 2.66. The van der Waals surface area contributed by atoms with Crippen LogP contribution in [0.25, 0.3) is 0 Å². The van der Waals surface area contributed by atoms with Crippen molar-refractivity contribution in [3.63, 3.8) is 0 Å². The maximum atomic E-state index is 13.1. The number of anilines is 1. The Bertz CT molecular complexity index is 913. The van der Waals surface area contributed by atoms with Crippen LogP contribution in [-0.4, -0.2) is 26.5 Å². The number of hydrogen-bond donors (Lipinski definition) is 3. The number of hydrogen-bond acceptors (Lipinski definition) is 4. The van der Waals surface area contributed by atoms with E-state index in [4.69, 9.17) is 5.73 Å². The number of halogens is 1. The summed E-state index contributed by atoms with van der Waals surface area (Å²) in [6.07, 6.45) is 0.903. The second-order valence-corrected chi connectivity index (χ2v) is 7.87. The molecule has 0 radical (unpaired) electrons. The molecule has 1 atom stereocenters. The topological polar surface area (TPSA) is 118 Å². The number of sulfonamides is 1. The van der Waals surface area contributed by atoms with E-state index in [0.717, 1.165) is 6.26 Å². The zero-order chi connectivity index (χ0) is 20.0. The van der Waals surface area contributed by atoms with Gasteiger partial charge in [0.15, 0.2) is 0 Å². The van der Waals surface area contributed by atoms with Gasteiger partial charge in [0, 0.05) is 12.1 Å². The number of primary amides is 1. The molecule has 2 aromatic carbocycles. The molecule has 0 aliphatic carbocycles. The molecule has 0 aromatic heterocycles. The van der Waals surface area contributed by atoms with Crippen LogP contribution in [0, 0.1) is 5.82 Å². The van der Waals surface area contributed by atoms with Crippen LogP contribution < -0.4 is 15.8 Å². The van der Waals surface area contributed by atoms with Gasteiger partial charge in [0.25, 0.3) is 0 Å². The highest BCUT2D eigenvalue weighted by molar-refractivity contribution is 7.88. The van der Waals surface area contributed by atoms with Crippen LogP contribution >= 0.6 is 0 Å². The zero-order valence-corrected chi connectivity index (χ0v) is 15.4. The van der Waals surface area contributed by atoms with Crippen LogP contribution in [0.1, 0.15) is 23.6 Å². The highest BCUT2D eigenvalue weighted by Crippen LogP contribution is 2.20. The van der Waals surface area contributed by atoms with Gasteiger partial charge in [-0.15, -0.1) is 0 Å². The second-order valence-electron chi connectivity index (χ2n) is 6.09. The molecule has 9 heteroatoms. The van der Waals surface area contributed by atoms with Crippen molar-refractivity contribution >= 4 is 27.5 Å². The number of amides is 2. The van der Waals surface area contributed by atoms with Crippen LogP contribution in [0.4, 0.5) is 10.1 Å². The minimum absolute atomic E-state index is 0.0964. The largest absolute Gasteiger partial charge is 0.369 e. The number of carbonyl (C=O) groups is 2. The van der Waals surface area contributed by atoms with Gasteiger partial charge in [0.05, 0.1) is 18.7 Å². The molecule has 0 saturated carbocycles. The summed E-state index contributed by atoms with van der Waals surface area (Å²) in [5.74, 6) is -1.35. The Morgan fingerprint density at radius 2 is 1.67 bits per heavy atom. The Labute approximate surface area is 156 Å². The summed E-state index contributed by atoms with van der Waals surface area (Å²) in [7, 11) is -3.58. The predicted molar refractivity (Wildman–Crippen MR) is 99.7 cm³/mol. The first-order chi connectivity index (χ1) is 12.6. The second kappa shape index (κ2) is 8.74. The minimum Gasteiger partial charge on any atom is -0.369 e. The van der Waals surface area contributed by atoms with Gasteiger partial charge in [-0.1, -0.05) is 24.3 Å². The van der Waals surface area contributed by atoms with E-state index in [1.54, 1.807) is 24.3 Å². The molecular weight excluding hydrogens is 373 g/mol. The van der Waals surface area contributed by atoms with Crippen molar-refractivity contribution in [2.75, 3.05) is 11.6 Å². The van der Waals surface area contributed by atoms with Crippen molar-refractivity contribution in [1.82, 2.24) is 4.72 Å². The lowest BCUT2D eigenvalue weighted by atomic mass is 10.0. The Kier molecular flexibility index (Phi) is 6.65. The average molecular weight is 393 g/mol. The molecule has 2 amide bonds. The third kappa shape index (κ3) is 7.16. The van der Waals surface area contributed by atoms with E-state index in [1.165, 1.54) is 24.3 Å². The van der Waals surface area contributed by atoms with E-state index in [-0.39, 0.29) is 12.8 Å². The summed E-state index contributed by atoms with van der Waals surface area (Å²) in [6, 6.07) is 11.0. The van der Waals surface area contributed by atoms with E-state index in [0.29, 0.717) is 16.8 Å². The van der Waals surface area contributed by atoms with Crippen molar-refractivity contribution < 1.29 is 22.4 Å². The predicted octanol–water partition coefficient (Wildman–Crippen LogP) is 1.47. The molecule has 144 valence electrons. The fourth-order valence-corrected chi connectivity index (χ4v) is 3.22. The highest BCUT2D eigenvalue weighted by Gasteiger charge is 2.20. The molecule has 0 aliphatic rings. The molecule has 0 saturated heterocycles. The molecule has 0 spiro atoms. The van der Waals surface area contributed by atoms with Crippen molar-refractivity contribution in [1.29, 1.82) is 0 Å². The molecule has 1 unspecified atom stereocenters. The minimum atomic E-state index is -3.58. The normalized spacial score (nSPS) is 12.4. The van der Waals surface area contributed by atoms with Crippen molar-refractivity contribution in [3.8, 4) is 0 Å². The molecule has 0 bridgehead atoms. The maximum absolute atomic E-state index is 13.1. The molecule has 2 rings (SSSR count). The van der Waals surface area contributed by atoms with Gasteiger partial charge in [-0.25, -0.2) is 17.5 Å². The third-order valence-electron chi connectivity index (χ3n) is 3.63. The van der Waals surface area contributed by atoms with Crippen LogP contribution in [0.15, 0.2) is 48.5 Å². The quantitative estimate of drug-likeness (QED) is 0.629. The van der Waals surface area contributed by atoms with Crippen LogP contribution in [0.5, 0.6) is 0 Å². The summed E-state index contributed by atoms with van der Waals surface area (Å²) in [6.45, 7) is 0. The van der Waals surface area contributed by atoms with Crippen molar-refractivity contribution in [3.05, 3.63) is 65.5 Å². The maximum Gasteiger partial charge on any atom is 0.226 e. The van der Waals surface area contributed by atoms with Crippen molar-refractivity contribution in [2.45, 2.75) is 18.9 Å². The van der Waals surface area contributed by atoms with E-state index in [9.17, 15) is 22.4 Å². The lowest BCUT2D eigenvalue weighted by Crippen LogP contribution is -2.30. The summed E-state index contributed by atoms with van der Waals surface area (Å²) in [5.41, 5.74) is 6.79. The fourth-order valence-electron chi connectivity index (χ4n) is 2.49. The summed E-state index contributed by atoms with van der Waals surface area (Å²) in [4.78, 5) is 23.2. The van der Waals surface area contributed by atoms with Crippen molar-refractivity contribution in [2.24, 2.45) is 5.73 Å². The first-order valence-electron chi connectivity index (χ1n) is 8.02. The van der Waals surface area contributed by atoms with E-state index >= 15 is 0 Å². The smallest absolute Gasteiger partial charge is 0.226 e. The Morgan fingerprint density at radius 3 is 2.19 bits per heavy atom. The molecule has 4 N–H and O–H groups in total. The standard InChI is InChI=1S/C18H20FN3O4S/c1-27(25,26)22-16(13-4-6-14(19)7-5-13)11-18(24)21-15-8-2-12(3-9-15)10-17(20)23/h2-9,16,22H,10-11H2,1H3,(H2,20,23)(H,21,24). The lowest BCUT2D eigenvalue weighted by molar-refractivity contribution is -0.118.